The third-order valence-corrected chi connectivity index (χ3v) is 7.23. The molecule has 0 saturated carbocycles. The number of hydrazine groups is 1. The van der Waals surface area contributed by atoms with Gasteiger partial charge in [-0.2, -0.15) is 10.1 Å². The molecule has 2 N–H and O–H groups in total. The molecule has 34 heavy (non-hydrogen) atoms. The molecular formula is C24H20ClN5O3S. The summed E-state index contributed by atoms with van der Waals surface area (Å²) in [5.41, 5.74) is 3.64. The molecular weight excluding hydrogens is 474 g/mol. The van der Waals surface area contributed by atoms with Gasteiger partial charge in [-0.05, 0) is 43.2 Å². The van der Waals surface area contributed by atoms with Crippen LogP contribution in [0.3, 0.4) is 0 Å². The summed E-state index contributed by atoms with van der Waals surface area (Å²) in [6.45, 7) is 4.01. The van der Waals surface area contributed by atoms with E-state index in [1.54, 1.807) is 37.3 Å². The second-order valence-corrected chi connectivity index (χ2v) is 9.67. The van der Waals surface area contributed by atoms with Crippen molar-refractivity contribution in [3.63, 3.8) is 0 Å². The van der Waals surface area contributed by atoms with Crippen LogP contribution in [0, 0.1) is 6.92 Å². The second kappa shape index (κ2) is 8.27. The van der Waals surface area contributed by atoms with Gasteiger partial charge < -0.3 is 5.32 Å². The smallest absolute Gasteiger partial charge is 0.318 e. The number of rotatable bonds is 5. The maximum Gasteiger partial charge on any atom is 0.344 e. The molecule has 1 aliphatic heterocycles. The lowest BCUT2D eigenvalue weighted by molar-refractivity contribution is -0.132. The number of aryl methyl sites for hydroxylation is 1. The van der Waals surface area contributed by atoms with E-state index in [1.165, 1.54) is 11.3 Å². The molecule has 8 nitrogen and oxygen atoms in total. The normalized spacial score (nSPS) is 17.9. The summed E-state index contributed by atoms with van der Waals surface area (Å²) in [5.74, 6) is -1.09. The Morgan fingerprint density at radius 1 is 1.15 bits per heavy atom. The van der Waals surface area contributed by atoms with Crippen LogP contribution in [-0.2, 0) is 16.9 Å². The summed E-state index contributed by atoms with van der Waals surface area (Å²) < 4.78 is 1.83. The van der Waals surface area contributed by atoms with Crippen LogP contribution >= 0.6 is 22.9 Å². The van der Waals surface area contributed by atoms with Crippen LogP contribution in [0.15, 0.2) is 60.7 Å². The lowest BCUT2D eigenvalue weighted by atomic mass is 9.92. The Hall–Kier alpha value is -3.69. The predicted octanol–water partition coefficient (Wildman–Crippen LogP) is 4.22. The molecule has 1 aliphatic rings. The van der Waals surface area contributed by atoms with E-state index in [4.69, 9.17) is 11.6 Å². The minimum absolute atomic E-state index is 0.370. The molecule has 3 heterocycles. The van der Waals surface area contributed by atoms with Crippen LogP contribution in [0.25, 0.3) is 10.2 Å². The van der Waals surface area contributed by atoms with Crippen LogP contribution in [0.1, 0.15) is 33.4 Å². The monoisotopic (exact) mass is 493 g/mol. The zero-order valence-electron chi connectivity index (χ0n) is 18.3. The molecule has 1 fully saturated rings. The summed E-state index contributed by atoms with van der Waals surface area (Å²) in [6.07, 6.45) is 0. The Labute approximate surface area is 204 Å². The van der Waals surface area contributed by atoms with Crippen molar-refractivity contribution in [2.45, 2.75) is 25.9 Å². The van der Waals surface area contributed by atoms with Gasteiger partial charge in [0.15, 0.2) is 0 Å². The van der Waals surface area contributed by atoms with Gasteiger partial charge in [-0.25, -0.2) is 4.79 Å². The van der Waals surface area contributed by atoms with E-state index in [9.17, 15) is 14.4 Å². The molecule has 10 heteroatoms. The Bertz CT molecular complexity index is 1430. The summed E-state index contributed by atoms with van der Waals surface area (Å²) in [6, 6.07) is 17.4. The van der Waals surface area contributed by atoms with Crippen molar-refractivity contribution in [3.8, 4) is 0 Å². The third-order valence-electron chi connectivity index (χ3n) is 5.83. The van der Waals surface area contributed by atoms with E-state index in [0.29, 0.717) is 22.0 Å². The molecule has 0 unspecified atom stereocenters. The number of aromatic nitrogens is 2. The van der Waals surface area contributed by atoms with E-state index in [-0.39, 0.29) is 0 Å². The first-order valence-corrected chi connectivity index (χ1v) is 11.7. The molecule has 1 saturated heterocycles. The average Bonchev–Trinajstić information content (AvgIpc) is 3.45. The summed E-state index contributed by atoms with van der Waals surface area (Å²) >= 11 is 7.22. The van der Waals surface area contributed by atoms with Gasteiger partial charge in [-0.15, -0.1) is 11.3 Å². The van der Waals surface area contributed by atoms with Crippen molar-refractivity contribution in [3.05, 3.63) is 87.4 Å². The molecule has 5 rings (SSSR count). The number of amides is 4. The van der Waals surface area contributed by atoms with Gasteiger partial charge in [0.05, 0.1) is 17.1 Å². The van der Waals surface area contributed by atoms with Crippen molar-refractivity contribution in [2.24, 2.45) is 0 Å². The highest BCUT2D eigenvalue weighted by atomic mass is 35.5. The number of nitrogens with one attached hydrogen (secondary N) is 2. The van der Waals surface area contributed by atoms with Gasteiger partial charge in [0.25, 0.3) is 11.8 Å². The topological polar surface area (TPSA) is 96.3 Å². The van der Waals surface area contributed by atoms with Crippen molar-refractivity contribution in [2.75, 3.05) is 0 Å². The molecule has 2 aromatic carbocycles. The molecule has 1 atom stereocenters. The van der Waals surface area contributed by atoms with Crippen molar-refractivity contribution in [1.82, 2.24) is 25.5 Å². The molecule has 4 amide bonds. The van der Waals surface area contributed by atoms with Crippen LogP contribution in [0.4, 0.5) is 4.79 Å². The SMILES string of the molecule is Cc1nn(Cc2ccc(Cl)cc2)c2sc(C(=O)NN3C(=O)N[C@](C)(c4ccccc4)C3=O)cc12. The fourth-order valence-electron chi connectivity index (χ4n) is 3.96. The molecule has 2 aromatic heterocycles. The van der Waals surface area contributed by atoms with Crippen molar-refractivity contribution < 1.29 is 14.4 Å². The Balaban J connectivity index is 1.38. The van der Waals surface area contributed by atoms with E-state index >= 15 is 0 Å². The molecule has 172 valence electrons. The van der Waals surface area contributed by atoms with Gasteiger partial charge in [-0.3, -0.25) is 19.7 Å². The number of carbonyl (C=O) groups is 3. The largest absolute Gasteiger partial charge is 0.344 e. The average molecular weight is 494 g/mol. The third kappa shape index (κ3) is 3.72. The van der Waals surface area contributed by atoms with Gasteiger partial charge in [0.2, 0.25) is 0 Å². The van der Waals surface area contributed by atoms with Crippen LogP contribution < -0.4 is 10.7 Å². The maximum absolute atomic E-state index is 13.1. The molecule has 0 aliphatic carbocycles. The Morgan fingerprint density at radius 3 is 2.56 bits per heavy atom. The number of hydrogen-bond acceptors (Lipinski definition) is 5. The summed E-state index contributed by atoms with van der Waals surface area (Å²) in [7, 11) is 0. The lowest BCUT2D eigenvalue weighted by Gasteiger charge is -2.21. The van der Waals surface area contributed by atoms with E-state index < -0.39 is 23.4 Å². The fraction of sp³-hybridized carbons (Fsp3) is 0.167. The van der Waals surface area contributed by atoms with E-state index in [0.717, 1.165) is 26.5 Å². The number of halogens is 1. The van der Waals surface area contributed by atoms with Gasteiger partial charge in [0, 0.05) is 10.4 Å². The standard InChI is InChI=1S/C24H20ClN5O3S/c1-14-18-12-19(34-21(18)29(27-14)13-15-8-10-17(25)11-9-15)20(31)28-30-22(32)24(2,26-23(30)33)16-6-4-3-5-7-16/h3-12H,13H2,1-2H3,(H,26,33)(H,28,31)/t24-/m1/s1. The Kier molecular flexibility index (Phi) is 5.38. The lowest BCUT2D eigenvalue weighted by Crippen LogP contribution is -2.47. The van der Waals surface area contributed by atoms with Gasteiger partial charge in [-0.1, -0.05) is 54.1 Å². The summed E-state index contributed by atoms with van der Waals surface area (Å²) in [4.78, 5) is 39.8. The Morgan fingerprint density at radius 2 is 1.85 bits per heavy atom. The first kappa shape index (κ1) is 22.1. The van der Waals surface area contributed by atoms with Crippen LogP contribution in [0.2, 0.25) is 5.02 Å². The van der Waals surface area contributed by atoms with Gasteiger partial charge in [0.1, 0.15) is 10.4 Å². The number of nitrogens with zero attached hydrogens (tertiary/aromatic N) is 3. The van der Waals surface area contributed by atoms with Gasteiger partial charge >= 0.3 is 6.03 Å². The minimum atomic E-state index is -1.26. The zero-order valence-corrected chi connectivity index (χ0v) is 19.9. The van der Waals surface area contributed by atoms with E-state index in [1.807, 2.05) is 41.9 Å². The van der Waals surface area contributed by atoms with E-state index in [2.05, 4.69) is 15.8 Å². The van der Waals surface area contributed by atoms with Crippen LogP contribution in [-0.4, -0.2) is 32.6 Å². The van der Waals surface area contributed by atoms with Crippen LogP contribution in [0.5, 0.6) is 0 Å². The molecule has 0 spiro atoms. The van der Waals surface area contributed by atoms with Crippen molar-refractivity contribution >= 4 is 51.0 Å². The minimum Gasteiger partial charge on any atom is -0.318 e. The predicted molar refractivity (Wildman–Crippen MR) is 130 cm³/mol. The highest BCUT2D eigenvalue weighted by Gasteiger charge is 2.50. The number of carbonyl (C=O) groups excluding carboxylic acids is 3. The highest BCUT2D eigenvalue weighted by Crippen LogP contribution is 2.31. The first-order valence-electron chi connectivity index (χ1n) is 10.5. The molecule has 0 radical (unpaired) electrons. The number of hydrogen-bond donors (Lipinski definition) is 2. The highest BCUT2D eigenvalue weighted by molar-refractivity contribution is 7.20. The summed E-state index contributed by atoms with van der Waals surface area (Å²) in [5, 5.41) is 9.50. The first-order chi connectivity index (χ1) is 16.3. The zero-order chi connectivity index (χ0) is 24.0. The number of fused-ring (bicyclic) bond motifs is 1. The maximum atomic E-state index is 13.1. The fourth-order valence-corrected chi connectivity index (χ4v) is 5.14. The second-order valence-electron chi connectivity index (χ2n) is 8.20. The number of urea groups is 1. The van der Waals surface area contributed by atoms with Crippen molar-refractivity contribution in [1.29, 1.82) is 0 Å². The quantitative estimate of drug-likeness (QED) is 0.407. The number of benzene rings is 2. The number of thiophene rings is 1. The molecule has 4 aromatic rings. The number of imide groups is 1. The molecule has 0 bridgehead atoms.